The van der Waals surface area contributed by atoms with E-state index in [9.17, 15) is 18.0 Å². The molecule has 4 rings (SSSR count). The van der Waals surface area contributed by atoms with E-state index in [0.717, 1.165) is 12.1 Å². The third-order valence-electron chi connectivity index (χ3n) is 4.68. The van der Waals surface area contributed by atoms with E-state index >= 15 is 0 Å². The molecule has 3 N–H and O–H groups in total. The first-order chi connectivity index (χ1) is 13.3. The Morgan fingerprint density at radius 2 is 2.07 bits per heavy atom. The molecule has 0 spiro atoms. The number of nitrogens with one attached hydrogen (secondary N) is 1. The van der Waals surface area contributed by atoms with Gasteiger partial charge in [-0.15, -0.1) is 0 Å². The lowest BCUT2D eigenvalue weighted by atomic mass is 9.84. The van der Waals surface area contributed by atoms with Crippen LogP contribution in [0, 0.1) is 11.7 Å². The summed E-state index contributed by atoms with van der Waals surface area (Å²) < 4.78 is 47.9. The van der Waals surface area contributed by atoms with E-state index in [1.54, 1.807) is 0 Å². The number of hydrogen-bond acceptors (Lipinski definition) is 6. The van der Waals surface area contributed by atoms with Crippen LogP contribution < -0.4 is 11.1 Å². The number of nitrogens with two attached hydrogens (primary N) is 1. The third kappa shape index (κ3) is 3.03. The fraction of sp³-hybridized carbons (Fsp3) is 0.294. The molecule has 146 valence electrons. The van der Waals surface area contributed by atoms with Crippen LogP contribution in [-0.2, 0) is 10.3 Å². The minimum absolute atomic E-state index is 0.0810. The van der Waals surface area contributed by atoms with Gasteiger partial charge in [-0.3, -0.25) is 4.79 Å². The summed E-state index contributed by atoms with van der Waals surface area (Å²) in [5, 5.41) is 2.69. The first-order valence-corrected chi connectivity index (χ1v) is 8.58. The van der Waals surface area contributed by atoms with Gasteiger partial charge >= 0.3 is 0 Å². The van der Waals surface area contributed by atoms with Crippen molar-refractivity contribution in [1.82, 2.24) is 9.97 Å². The maximum atomic E-state index is 14.5. The molecule has 2 aliphatic rings. The molecule has 1 saturated carbocycles. The number of alkyl halides is 2. The van der Waals surface area contributed by atoms with Crippen LogP contribution in [0.25, 0.3) is 0 Å². The number of hydrogen-bond donors (Lipinski definition) is 2. The highest BCUT2D eigenvalue weighted by atomic mass is 35.5. The number of amidine groups is 1. The van der Waals surface area contributed by atoms with Crippen LogP contribution in [0.3, 0.4) is 0 Å². The van der Waals surface area contributed by atoms with Gasteiger partial charge in [-0.2, -0.15) is 0 Å². The van der Waals surface area contributed by atoms with Crippen LogP contribution >= 0.6 is 11.6 Å². The Morgan fingerprint density at radius 1 is 1.36 bits per heavy atom. The summed E-state index contributed by atoms with van der Waals surface area (Å²) >= 11 is 5.67. The number of carbonyl (C=O) groups is 1. The lowest BCUT2D eigenvalue weighted by Crippen LogP contribution is -2.43. The van der Waals surface area contributed by atoms with Crippen molar-refractivity contribution in [3.63, 3.8) is 0 Å². The molecule has 2 heterocycles. The minimum atomic E-state index is -3.02. The topological polar surface area (TPSA) is 102 Å². The molecule has 1 fully saturated rings. The fourth-order valence-corrected chi connectivity index (χ4v) is 3.42. The van der Waals surface area contributed by atoms with Gasteiger partial charge in [0.25, 0.3) is 18.4 Å². The van der Waals surface area contributed by atoms with Crippen molar-refractivity contribution in [2.45, 2.75) is 24.5 Å². The van der Waals surface area contributed by atoms with E-state index in [1.807, 2.05) is 0 Å². The van der Waals surface area contributed by atoms with Gasteiger partial charge < -0.3 is 15.8 Å². The van der Waals surface area contributed by atoms with Crippen LogP contribution in [-0.4, -0.2) is 34.4 Å². The highest BCUT2D eigenvalue weighted by Gasteiger charge is 2.64. The second-order valence-electron chi connectivity index (χ2n) is 6.45. The lowest BCUT2D eigenvalue weighted by molar-refractivity contribution is 0.0177. The van der Waals surface area contributed by atoms with E-state index in [-0.39, 0.29) is 28.5 Å². The summed E-state index contributed by atoms with van der Waals surface area (Å²) in [6.07, 6.45) is -0.809. The number of carbonyl (C=O) groups excluding carboxylic acids is 1. The van der Waals surface area contributed by atoms with E-state index in [4.69, 9.17) is 22.1 Å². The molecule has 11 heteroatoms. The van der Waals surface area contributed by atoms with E-state index in [2.05, 4.69) is 20.3 Å². The zero-order valence-corrected chi connectivity index (χ0v) is 14.8. The molecule has 7 nitrogen and oxygen atoms in total. The zero-order chi connectivity index (χ0) is 20.1. The monoisotopic (exact) mass is 411 g/mol. The van der Waals surface area contributed by atoms with Crippen LogP contribution in [0.5, 0.6) is 0 Å². The van der Waals surface area contributed by atoms with Crippen molar-refractivity contribution in [3.05, 3.63) is 52.8 Å². The number of rotatable bonds is 4. The Kier molecular flexibility index (Phi) is 4.37. The molecule has 2 aromatic rings. The maximum Gasteiger partial charge on any atom is 0.293 e. The summed E-state index contributed by atoms with van der Waals surface area (Å²) in [6, 6.07) is 2.92. The van der Waals surface area contributed by atoms with Crippen molar-refractivity contribution in [3.8, 4) is 0 Å². The number of amides is 1. The Labute approximate surface area is 161 Å². The van der Waals surface area contributed by atoms with Gasteiger partial charge in [0.15, 0.2) is 5.54 Å². The second-order valence-corrected chi connectivity index (χ2v) is 6.88. The fourth-order valence-electron chi connectivity index (χ4n) is 3.33. The molecule has 1 aromatic carbocycles. The van der Waals surface area contributed by atoms with Gasteiger partial charge in [0.05, 0.1) is 5.02 Å². The Balaban J connectivity index is 1.70. The van der Waals surface area contributed by atoms with Crippen LogP contribution in [0.15, 0.2) is 35.6 Å². The largest absolute Gasteiger partial charge is 0.462 e. The molecule has 3 atom stereocenters. The molecule has 1 amide bonds. The van der Waals surface area contributed by atoms with Crippen molar-refractivity contribution in [2.75, 3.05) is 5.32 Å². The maximum absolute atomic E-state index is 14.5. The van der Waals surface area contributed by atoms with E-state index in [0.29, 0.717) is 0 Å². The molecule has 1 aliphatic carbocycles. The molecule has 28 heavy (non-hydrogen) atoms. The van der Waals surface area contributed by atoms with Crippen molar-refractivity contribution >= 4 is 29.2 Å². The number of anilines is 1. The molecule has 0 unspecified atom stereocenters. The first-order valence-electron chi connectivity index (χ1n) is 8.20. The zero-order valence-electron chi connectivity index (χ0n) is 14.1. The predicted molar refractivity (Wildman–Crippen MR) is 93.7 cm³/mol. The SMILES string of the molecule is NC1=N[C@@](c2cc(NC(=O)c3ncc(Cl)cn3)ccc2F)(C(F)F)[C@H]2C[C@H]2O1. The summed E-state index contributed by atoms with van der Waals surface area (Å²) in [4.78, 5) is 23.6. The normalized spacial score (nSPS) is 25.5. The van der Waals surface area contributed by atoms with Crippen molar-refractivity contribution in [1.29, 1.82) is 0 Å². The number of aliphatic imine (C=N–C) groups is 1. The molecule has 0 radical (unpaired) electrons. The van der Waals surface area contributed by atoms with Crippen LogP contribution in [0.2, 0.25) is 5.02 Å². The van der Waals surface area contributed by atoms with Crippen LogP contribution in [0.4, 0.5) is 18.9 Å². The standard InChI is InChI=1S/C17H13ClF3N5O2/c18-7-5-23-13(24-6-7)14(27)25-8-1-2-11(19)9(3-8)17(15(20)21)10-4-12(10)28-16(22)26-17/h1-3,5-6,10,12,15H,4H2,(H2,22,26)(H,25,27)/t10-,12+,17+/m0/s1. The van der Waals surface area contributed by atoms with Gasteiger partial charge in [0.1, 0.15) is 11.9 Å². The molecule has 1 aliphatic heterocycles. The Morgan fingerprint density at radius 3 is 2.75 bits per heavy atom. The minimum Gasteiger partial charge on any atom is -0.462 e. The van der Waals surface area contributed by atoms with Crippen molar-refractivity contribution in [2.24, 2.45) is 16.6 Å². The summed E-state index contributed by atoms with van der Waals surface area (Å²) in [6.45, 7) is 0. The number of ether oxygens (including phenoxy) is 1. The molecule has 1 aromatic heterocycles. The van der Waals surface area contributed by atoms with E-state index in [1.165, 1.54) is 18.5 Å². The summed E-state index contributed by atoms with van der Waals surface area (Å²) in [7, 11) is 0. The highest BCUT2D eigenvalue weighted by Crippen LogP contribution is 2.56. The molecular weight excluding hydrogens is 399 g/mol. The average Bonchev–Trinajstić information content (AvgIpc) is 3.42. The van der Waals surface area contributed by atoms with Gasteiger partial charge in [-0.1, -0.05) is 11.6 Å². The molecule has 0 bridgehead atoms. The first kappa shape index (κ1) is 18.5. The number of nitrogens with zero attached hydrogens (tertiary/aromatic N) is 3. The predicted octanol–water partition coefficient (Wildman–Crippen LogP) is 2.72. The number of aromatic nitrogens is 2. The second kappa shape index (κ2) is 6.62. The van der Waals surface area contributed by atoms with Gasteiger partial charge in [0.2, 0.25) is 5.82 Å². The average molecular weight is 412 g/mol. The van der Waals surface area contributed by atoms with Gasteiger partial charge in [-0.25, -0.2) is 28.1 Å². The van der Waals surface area contributed by atoms with Crippen molar-refractivity contribution < 1.29 is 22.7 Å². The number of halogens is 4. The lowest BCUT2D eigenvalue weighted by Gasteiger charge is -2.33. The number of benzene rings is 1. The summed E-state index contributed by atoms with van der Waals surface area (Å²) in [5.74, 6) is -2.49. The quantitative estimate of drug-likeness (QED) is 0.805. The van der Waals surface area contributed by atoms with Gasteiger partial charge in [-0.05, 0) is 24.6 Å². The molecular formula is C17H13ClF3N5O2. The van der Waals surface area contributed by atoms with E-state index < -0.39 is 41.7 Å². The van der Waals surface area contributed by atoms with Crippen LogP contribution in [0.1, 0.15) is 22.6 Å². The third-order valence-corrected chi connectivity index (χ3v) is 4.87. The smallest absolute Gasteiger partial charge is 0.293 e. The highest BCUT2D eigenvalue weighted by molar-refractivity contribution is 6.30. The molecule has 0 saturated heterocycles. The summed E-state index contributed by atoms with van der Waals surface area (Å²) in [5.41, 5.74) is 3.08. The Bertz CT molecular complexity index is 972. The van der Waals surface area contributed by atoms with Gasteiger partial charge in [0, 0.05) is 29.6 Å². The number of fused-ring (bicyclic) bond motifs is 1. The Hall–Kier alpha value is -2.88.